The van der Waals surface area contributed by atoms with Crippen molar-refractivity contribution >= 4 is 33.3 Å². The van der Waals surface area contributed by atoms with Gasteiger partial charge in [-0.3, -0.25) is 9.36 Å². The summed E-state index contributed by atoms with van der Waals surface area (Å²) in [6.07, 6.45) is 0.718. The minimum atomic E-state index is 0.0293. The normalized spacial score (nSPS) is 11.5. The Morgan fingerprint density at radius 1 is 1.22 bits per heavy atom. The third-order valence-electron chi connectivity index (χ3n) is 3.71. The van der Waals surface area contributed by atoms with Crippen LogP contribution in [-0.2, 0) is 18.7 Å². The molecule has 3 rings (SSSR count). The van der Waals surface area contributed by atoms with Crippen molar-refractivity contribution in [3.8, 4) is 0 Å². The minimum Gasteiger partial charge on any atom is -0.424 e. The number of fused-ring (bicyclic) bond motifs is 1. The molecule has 8 heteroatoms. The largest absolute Gasteiger partial charge is 0.424 e. The van der Waals surface area contributed by atoms with Crippen molar-refractivity contribution in [2.45, 2.75) is 51.6 Å². The molecule has 3 aromatic rings. The van der Waals surface area contributed by atoms with Crippen molar-refractivity contribution in [1.82, 2.24) is 19.7 Å². The van der Waals surface area contributed by atoms with Crippen molar-refractivity contribution in [2.24, 2.45) is 0 Å². The van der Waals surface area contributed by atoms with Crippen LogP contribution in [0.3, 0.4) is 0 Å². The number of hydrogen-bond donors (Lipinski definition) is 0. The molecule has 6 nitrogen and oxygen atoms in total. The van der Waals surface area contributed by atoms with Crippen LogP contribution in [0.15, 0.2) is 14.4 Å². The molecular weight excluding hydrogens is 332 g/mol. The van der Waals surface area contributed by atoms with Gasteiger partial charge in [0.05, 0.1) is 11.1 Å². The molecular formula is C15H18N4O2S2. The van der Waals surface area contributed by atoms with E-state index in [0.29, 0.717) is 29.2 Å². The summed E-state index contributed by atoms with van der Waals surface area (Å²) in [5.41, 5.74) is 1.06. The van der Waals surface area contributed by atoms with Crippen LogP contribution >= 0.6 is 23.1 Å². The summed E-state index contributed by atoms with van der Waals surface area (Å²) in [6, 6.07) is 0. The molecule has 3 heterocycles. The number of aromatic nitrogens is 4. The molecule has 0 N–H and O–H groups in total. The first-order valence-corrected chi connectivity index (χ1v) is 9.29. The topological polar surface area (TPSA) is 73.8 Å². The van der Waals surface area contributed by atoms with E-state index in [1.165, 1.54) is 11.8 Å². The molecule has 0 aliphatic rings. The number of hydrogen-bond acceptors (Lipinski definition) is 7. The second-order valence-corrected chi connectivity index (χ2v) is 7.28. The van der Waals surface area contributed by atoms with Gasteiger partial charge in [-0.05, 0) is 26.3 Å². The predicted molar refractivity (Wildman–Crippen MR) is 92.3 cm³/mol. The first-order valence-electron chi connectivity index (χ1n) is 7.49. The van der Waals surface area contributed by atoms with Gasteiger partial charge >= 0.3 is 0 Å². The molecule has 0 saturated heterocycles. The van der Waals surface area contributed by atoms with Gasteiger partial charge in [0.1, 0.15) is 4.83 Å². The fraction of sp³-hybridized carbons (Fsp3) is 0.467. The summed E-state index contributed by atoms with van der Waals surface area (Å²) in [7, 11) is 0. The average Bonchev–Trinajstić information content (AvgIpc) is 3.10. The highest BCUT2D eigenvalue weighted by atomic mass is 32.2. The minimum absolute atomic E-state index is 0.0293. The Hall–Kier alpha value is -1.67. The molecule has 0 aliphatic heterocycles. The first-order chi connectivity index (χ1) is 11.0. The van der Waals surface area contributed by atoms with Crippen LogP contribution in [0.4, 0.5) is 0 Å². The van der Waals surface area contributed by atoms with Gasteiger partial charge in [-0.2, -0.15) is 0 Å². The molecule has 3 aromatic heterocycles. The Kier molecular flexibility index (Phi) is 4.54. The number of aryl methyl sites for hydroxylation is 3. The Morgan fingerprint density at radius 2 is 1.96 bits per heavy atom. The van der Waals surface area contributed by atoms with Crippen LogP contribution in [0.5, 0.6) is 0 Å². The van der Waals surface area contributed by atoms with Crippen LogP contribution in [-0.4, -0.2) is 19.7 Å². The van der Waals surface area contributed by atoms with Gasteiger partial charge in [0.2, 0.25) is 11.8 Å². The zero-order valence-corrected chi connectivity index (χ0v) is 15.2. The summed E-state index contributed by atoms with van der Waals surface area (Å²) in [4.78, 5) is 19.4. The van der Waals surface area contributed by atoms with E-state index in [1.54, 1.807) is 15.9 Å². The molecule has 0 radical (unpaired) electrons. The number of thioether (sulfide) groups is 1. The maximum absolute atomic E-state index is 12.7. The zero-order chi connectivity index (χ0) is 16.6. The Bertz CT molecular complexity index is 910. The SMILES string of the molecule is CCc1nnc(CSc2nc3sc(C)c(C)c3c(=O)n2CC)o1. The van der Waals surface area contributed by atoms with Gasteiger partial charge in [-0.15, -0.1) is 21.5 Å². The third-order valence-corrected chi connectivity index (χ3v) is 5.77. The monoisotopic (exact) mass is 350 g/mol. The smallest absolute Gasteiger partial charge is 0.263 e. The molecule has 0 aliphatic carbocycles. The quantitative estimate of drug-likeness (QED) is 0.519. The van der Waals surface area contributed by atoms with E-state index >= 15 is 0 Å². The lowest BCUT2D eigenvalue weighted by atomic mass is 10.2. The molecule has 0 unspecified atom stereocenters. The number of nitrogens with zero attached hydrogens (tertiary/aromatic N) is 4. The second kappa shape index (κ2) is 6.45. The van der Waals surface area contributed by atoms with Crippen LogP contribution in [0.2, 0.25) is 0 Å². The average molecular weight is 350 g/mol. The van der Waals surface area contributed by atoms with E-state index in [4.69, 9.17) is 4.42 Å². The fourth-order valence-corrected chi connectivity index (χ4v) is 4.28. The van der Waals surface area contributed by atoms with Crippen molar-refractivity contribution in [3.63, 3.8) is 0 Å². The van der Waals surface area contributed by atoms with Gasteiger partial charge in [0, 0.05) is 17.8 Å². The molecule has 0 spiro atoms. The van der Waals surface area contributed by atoms with E-state index in [9.17, 15) is 4.79 Å². The summed E-state index contributed by atoms with van der Waals surface area (Å²) in [5.74, 6) is 1.69. The first kappa shape index (κ1) is 16.2. The van der Waals surface area contributed by atoms with E-state index in [2.05, 4.69) is 15.2 Å². The molecule has 0 atom stereocenters. The summed E-state index contributed by atoms with van der Waals surface area (Å²) >= 11 is 3.02. The zero-order valence-electron chi connectivity index (χ0n) is 13.5. The van der Waals surface area contributed by atoms with Crippen molar-refractivity contribution < 1.29 is 4.42 Å². The standard InChI is InChI=1S/C15H18N4O2S2/c1-5-10-17-18-11(21-10)7-22-15-16-13-12(8(3)9(4)23-13)14(20)19(15)6-2/h5-7H2,1-4H3. The molecule has 0 amide bonds. The van der Waals surface area contributed by atoms with Crippen molar-refractivity contribution in [3.05, 3.63) is 32.6 Å². The maximum Gasteiger partial charge on any atom is 0.263 e. The Labute approximate surface area is 142 Å². The Morgan fingerprint density at radius 3 is 2.61 bits per heavy atom. The molecule has 0 fully saturated rings. The van der Waals surface area contributed by atoms with Crippen LogP contribution in [0.1, 0.15) is 36.1 Å². The van der Waals surface area contributed by atoms with Gasteiger partial charge in [-0.25, -0.2) is 4.98 Å². The van der Waals surface area contributed by atoms with Crippen molar-refractivity contribution in [2.75, 3.05) is 0 Å². The van der Waals surface area contributed by atoms with E-state index in [1.807, 2.05) is 27.7 Å². The van der Waals surface area contributed by atoms with Gasteiger partial charge in [-0.1, -0.05) is 18.7 Å². The summed E-state index contributed by atoms with van der Waals surface area (Å²) in [5, 5.41) is 9.40. The van der Waals surface area contributed by atoms with E-state index in [-0.39, 0.29) is 5.56 Å². The fourth-order valence-electron chi connectivity index (χ4n) is 2.31. The molecule has 23 heavy (non-hydrogen) atoms. The van der Waals surface area contributed by atoms with Crippen LogP contribution in [0, 0.1) is 13.8 Å². The summed E-state index contributed by atoms with van der Waals surface area (Å²) < 4.78 is 7.22. The lowest BCUT2D eigenvalue weighted by molar-refractivity contribution is 0.469. The third kappa shape index (κ3) is 2.92. The number of thiophene rings is 1. The highest BCUT2D eigenvalue weighted by molar-refractivity contribution is 7.98. The maximum atomic E-state index is 12.7. The Balaban J connectivity index is 1.98. The van der Waals surface area contributed by atoms with Gasteiger partial charge < -0.3 is 4.42 Å². The molecule has 122 valence electrons. The molecule has 0 bridgehead atoms. The lowest BCUT2D eigenvalue weighted by Gasteiger charge is -2.08. The second-order valence-electron chi connectivity index (χ2n) is 5.14. The number of rotatable bonds is 5. The molecule has 0 saturated carbocycles. The highest BCUT2D eigenvalue weighted by Crippen LogP contribution is 2.29. The highest BCUT2D eigenvalue weighted by Gasteiger charge is 2.16. The lowest BCUT2D eigenvalue weighted by Crippen LogP contribution is -2.22. The molecule has 0 aromatic carbocycles. The van der Waals surface area contributed by atoms with Gasteiger partial charge in [0.25, 0.3) is 5.56 Å². The van der Waals surface area contributed by atoms with E-state index in [0.717, 1.165) is 27.1 Å². The van der Waals surface area contributed by atoms with E-state index < -0.39 is 0 Å². The van der Waals surface area contributed by atoms with Crippen molar-refractivity contribution in [1.29, 1.82) is 0 Å². The van der Waals surface area contributed by atoms with Gasteiger partial charge in [0.15, 0.2) is 5.16 Å². The summed E-state index contributed by atoms with van der Waals surface area (Å²) in [6.45, 7) is 8.51. The van der Waals surface area contributed by atoms with Crippen LogP contribution in [0.25, 0.3) is 10.2 Å². The van der Waals surface area contributed by atoms with Crippen LogP contribution < -0.4 is 5.56 Å². The predicted octanol–water partition coefficient (Wildman–Crippen LogP) is 3.33.